The first kappa shape index (κ1) is 15.4. The van der Waals surface area contributed by atoms with Crippen molar-refractivity contribution in [1.29, 1.82) is 0 Å². The normalized spacial score (nSPS) is 17.0. The van der Waals surface area contributed by atoms with E-state index in [2.05, 4.69) is 5.32 Å². The average Bonchev–Trinajstić information content (AvgIpc) is 2.35. The van der Waals surface area contributed by atoms with Crippen LogP contribution in [0.1, 0.15) is 24.8 Å². The van der Waals surface area contributed by atoms with Crippen LogP contribution in [0, 0.1) is 0 Å². The number of aliphatic hydroxyl groups is 1. The summed E-state index contributed by atoms with van der Waals surface area (Å²) in [5.74, 6) is 0. The smallest absolute Gasteiger partial charge is 0.388 e. The van der Waals surface area contributed by atoms with E-state index in [0.29, 0.717) is 25.1 Å². The Morgan fingerprint density at radius 2 is 2.10 bits per heavy atom. The van der Waals surface area contributed by atoms with Crippen LogP contribution in [0.25, 0.3) is 0 Å². The average molecular weight is 305 g/mol. The number of pyridine rings is 1. The summed E-state index contributed by atoms with van der Waals surface area (Å²) in [5.41, 5.74) is -3.39. The molecule has 1 aliphatic carbocycles. The summed E-state index contributed by atoms with van der Waals surface area (Å²) in [4.78, 5) is 24.8. The monoisotopic (exact) mass is 305 g/mol. The highest BCUT2D eigenvalue weighted by molar-refractivity contribution is 5.89. The minimum absolute atomic E-state index is 0.0182. The predicted molar refractivity (Wildman–Crippen MR) is 67.9 cm³/mol. The number of amides is 2. The van der Waals surface area contributed by atoms with Gasteiger partial charge in [-0.3, -0.25) is 4.79 Å². The molecule has 0 atom stereocenters. The number of anilines is 1. The van der Waals surface area contributed by atoms with Crippen molar-refractivity contribution < 1.29 is 23.1 Å². The molecule has 21 heavy (non-hydrogen) atoms. The lowest BCUT2D eigenvalue weighted by atomic mass is 9.80. The molecule has 0 unspecified atom stereocenters. The van der Waals surface area contributed by atoms with Gasteiger partial charge in [-0.1, -0.05) is 0 Å². The van der Waals surface area contributed by atoms with Crippen molar-refractivity contribution >= 4 is 11.7 Å². The molecule has 2 rings (SSSR count). The molecule has 0 radical (unpaired) electrons. The molecule has 1 aromatic heterocycles. The first-order valence-electron chi connectivity index (χ1n) is 6.27. The van der Waals surface area contributed by atoms with Crippen LogP contribution in [0.4, 0.5) is 23.7 Å². The molecule has 0 bridgehead atoms. The topological polar surface area (TPSA) is 94.2 Å². The largest absolute Gasteiger partial charge is 0.417 e. The maximum atomic E-state index is 12.5. The fraction of sp³-hybridized carbons (Fsp3) is 0.500. The number of carbonyl (C=O) groups excluding carboxylic acids is 1. The number of carbonyl (C=O) groups is 1. The Labute approximate surface area is 117 Å². The Morgan fingerprint density at radius 1 is 1.43 bits per heavy atom. The summed E-state index contributed by atoms with van der Waals surface area (Å²) in [7, 11) is 0. The zero-order chi connectivity index (χ0) is 15.7. The van der Waals surface area contributed by atoms with Crippen LogP contribution in [0.5, 0.6) is 0 Å². The summed E-state index contributed by atoms with van der Waals surface area (Å²) in [5, 5.41) is 14.1. The first-order valence-corrected chi connectivity index (χ1v) is 6.27. The van der Waals surface area contributed by atoms with Crippen molar-refractivity contribution in [3.05, 3.63) is 28.2 Å². The third-order valence-corrected chi connectivity index (χ3v) is 3.34. The number of H-pyrrole nitrogens is 1. The molecular weight excluding hydrogens is 291 g/mol. The van der Waals surface area contributed by atoms with Gasteiger partial charge >= 0.3 is 12.2 Å². The van der Waals surface area contributed by atoms with E-state index in [1.165, 1.54) is 0 Å². The summed E-state index contributed by atoms with van der Waals surface area (Å²) in [6.07, 6.45) is -2.14. The zero-order valence-electron chi connectivity index (χ0n) is 10.9. The summed E-state index contributed by atoms with van der Waals surface area (Å²) >= 11 is 0. The van der Waals surface area contributed by atoms with Crippen LogP contribution >= 0.6 is 0 Å². The molecule has 0 saturated heterocycles. The number of urea groups is 1. The van der Waals surface area contributed by atoms with E-state index < -0.39 is 34.6 Å². The number of aromatic nitrogens is 1. The third-order valence-electron chi connectivity index (χ3n) is 3.34. The molecule has 1 heterocycles. The number of nitrogens with one attached hydrogen (secondary N) is 3. The Bertz CT molecular complexity index is 593. The molecule has 4 N–H and O–H groups in total. The molecular formula is C12H14F3N3O3. The number of rotatable bonds is 3. The van der Waals surface area contributed by atoms with Gasteiger partial charge in [-0.05, 0) is 25.3 Å². The van der Waals surface area contributed by atoms with Crippen LogP contribution in [0.3, 0.4) is 0 Å². The van der Waals surface area contributed by atoms with Crippen molar-refractivity contribution in [2.75, 3.05) is 11.9 Å². The minimum atomic E-state index is -4.63. The van der Waals surface area contributed by atoms with Crippen molar-refractivity contribution in [2.45, 2.75) is 31.0 Å². The number of hydrogen-bond donors (Lipinski definition) is 4. The van der Waals surface area contributed by atoms with Gasteiger partial charge in [0.1, 0.15) is 5.69 Å². The van der Waals surface area contributed by atoms with Crippen LogP contribution in [-0.2, 0) is 6.18 Å². The van der Waals surface area contributed by atoms with Crippen molar-refractivity contribution in [3.63, 3.8) is 0 Å². The van der Waals surface area contributed by atoms with Gasteiger partial charge < -0.3 is 20.7 Å². The fourth-order valence-corrected chi connectivity index (χ4v) is 1.91. The quantitative estimate of drug-likeness (QED) is 0.680. The van der Waals surface area contributed by atoms with E-state index in [4.69, 9.17) is 0 Å². The van der Waals surface area contributed by atoms with Crippen LogP contribution in [0.2, 0.25) is 0 Å². The number of halogens is 3. The maximum Gasteiger partial charge on any atom is 0.417 e. The Balaban J connectivity index is 2.01. The van der Waals surface area contributed by atoms with Crippen LogP contribution in [-0.4, -0.2) is 28.3 Å². The maximum absolute atomic E-state index is 12.5. The van der Waals surface area contributed by atoms with E-state index in [9.17, 15) is 27.9 Å². The Hall–Kier alpha value is -2.03. The molecule has 1 fully saturated rings. The first-order chi connectivity index (χ1) is 9.70. The van der Waals surface area contributed by atoms with E-state index in [1.54, 1.807) is 0 Å². The Morgan fingerprint density at radius 3 is 2.62 bits per heavy atom. The van der Waals surface area contributed by atoms with Gasteiger partial charge in [0.25, 0.3) is 5.56 Å². The fourth-order valence-electron chi connectivity index (χ4n) is 1.91. The van der Waals surface area contributed by atoms with Crippen molar-refractivity contribution in [2.24, 2.45) is 0 Å². The minimum Gasteiger partial charge on any atom is -0.388 e. The van der Waals surface area contributed by atoms with Crippen LogP contribution in [0.15, 0.2) is 17.1 Å². The number of aromatic amines is 1. The van der Waals surface area contributed by atoms with Crippen LogP contribution < -0.4 is 16.2 Å². The highest BCUT2D eigenvalue weighted by Crippen LogP contribution is 2.31. The van der Waals surface area contributed by atoms with E-state index in [-0.39, 0.29) is 6.54 Å². The van der Waals surface area contributed by atoms with Gasteiger partial charge in [0.2, 0.25) is 0 Å². The lowest BCUT2D eigenvalue weighted by Crippen LogP contribution is -2.48. The summed E-state index contributed by atoms with van der Waals surface area (Å²) in [6.45, 7) is -0.0182. The molecule has 0 aliphatic heterocycles. The Kier molecular flexibility index (Phi) is 3.95. The molecule has 9 heteroatoms. The second kappa shape index (κ2) is 5.40. The van der Waals surface area contributed by atoms with E-state index in [0.717, 1.165) is 6.42 Å². The molecule has 1 aliphatic rings. The predicted octanol–water partition coefficient (Wildman–Crippen LogP) is 1.43. The third kappa shape index (κ3) is 3.75. The molecule has 116 valence electrons. The lowest BCUT2D eigenvalue weighted by molar-refractivity contribution is -0.137. The van der Waals surface area contributed by atoms with Gasteiger partial charge in [0.15, 0.2) is 0 Å². The van der Waals surface area contributed by atoms with Gasteiger partial charge in [-0.2, -0.15) is 13.2 Å². The SMILES string of the molecule is O=C(NCC1(O)CCC1)Nc1cc(C(F)(F)F)c[nH]c1=O. The molecule has 2 amide bonds. The van der Waals surface area contributed by atoms with Gasteiger partial charge in [0, 0.05) is 12.7 Å². The van der Waals surface area contributed by atoms with Crippen molar-refractivity contribution in [1.82, 2.24) is 10.3 Å². The lowest BCUT2D eigenvalue weighted by Gasteiger charge is -2.36. The molecule has 0 aromatic carbocycles. The zero-order valence-corrected chi connectivity index (χ0v) is 10.9. The highest BCUT2D eigenvalue weighted by Gasteiger charge is 2.35. The molecule has 0 spiro atoms. The van der Waals surface area contributed by atoms with Crippen molar-refractivity contribution in [3.8, 4) is 0 Å². The number of alkyl halides is 3. The number of hydrogen-bond acceptors (Lipinski definition) is 3. The molecule has 1 saturated carbocycles. The molecule has 1 aromatic rings. The van der Waals surface area contributed by atoms with E-state index in [1.807, 2.05) is 10.3 Å². The standard InChI is InChI=1S/C12H14F3N3O3/c13-12(14,15)7-4-8(9(19)16-5-7)18-10(20)17-6-11(21)2-1-3-11/h4-5,21H,1-3,6H2,(H,16,19)(H2,17,18,20). The summed E-state index contributed by atoms with van der Waals surface area (Å²) < 4.78 is 37.5. The highest BCUT2D eigenvalue weighted by atomic mass is 19.4. The van der Waals surface area contributed by atoms with Gasteiger partial charge in [-0.15, -0.1) is 0 Å². The second-order valence-electron chi connectivity index (χ2n) is 5.01. The van der Waals surface area contributed by atoms with E-state index >= 15 is 0 Å². The van der Waals surface area contributed by atoms with Gasteiger partial charge in [-0.25, -0.2) is 4.79 Å². The summed E-state index contributed by atoms with van der Waals surface area (Å²) in [6, 6.07) is -0.295. The second-order valence-corrected chi connectivity index (χ2v) is 5.01. The van der Waals surface area contributed by atoms with Gasteiger partial charge in [0.05, 0.1) is 11.2 Å². The molecule has 6 nitrogen and oxygen atoms in total.